The molecule has 0 aliphatic heterocycles. The van der Waals surface area contributed by atoms with Crippen LogP contribution in [-0.2, 0) is 28.7 Å². The van der Waals surface area contributed by atoms with Gasteiger partial charge in [-0.05, 0) is 86.6 Å². The van der Waals surface area contributed by atoms with Gasteiger partial charge in [0.15, 0.2) is 23.0 Å². The summed E-state index contributed by atoms with van der Waals surface area (Å²) in [5.74, 6) is -3.16. The number of rotatable bonds is 14. The summed E-state index contributed by atoms with van der Waals surface area (Å²) in [7, 11) is 0. The number of nitrogens with one attached hydrogen (secondary N) is 4. The van der Waals surface area contributed by atoms with Crippen molar-refractivity contribution < 1.29 is 62.9 Å². The number of carbonyl (C=O) groups is 6. The van der Waals surface area contributed by atoms with E-state index in [1.54, 1.807) is 86.6 Å². The van der Waals surface area contributed by atoms with Crippen molar-refractivity contribution in [1.29, 1.82) is 0 Å². The standard InChI is InChI=1S/C28H18N4O4.C26H24N2O8.4H2/c33-27(17-9-13-29-14-10-17)35-25-19-5-1-3-7-21(19)31-23(25)24-26(20-6-2-4-8-22(20)32-24)36-28(34)18-11-15-30-16-12-18;1-3-33-19(29)13-21(31)35-25-15-9-5-7-11-17(15)27-23(25)24-26(16-10-6-8-12-18(16)28-24)36-22(32)14-20(30)34-4-2;;;;/h1-16,31-32H;5-12,27-28H,3-4,13-14H2,1-2H3;4*1H. The zero-order chi connectivity index (χ0) is 50.1. The minimum atomic E-state index is -0.809. The van der Waals surface area contributed by atoms with E-state index in [1.807, 2.05) is 48.5 Å². The Kier molecular flexibility index (Phi) is 13.9. The first-order valence-electron chi connectivity index (χ1n) is 22.5. The Hall–Kier alpha value is -9.84. The van der Waals surface area contributed by atoms with Gasteiger partial charge < -0.3 is 48.4 Å². The van der Waals surface area contributed by atoms with Crippen molar-refractivity contribution in [2.24, 2.45) is 0 Å². The summed E-state index contributed by atoms with van der Waals surface area (Å²) >= 11 is 0. The van der Waals surface area contributed by atoms with Crippen LogP contribution in [0.3, 0.4) is 0 Å². The molecule has 0 unspecified atom stereocenters. The van der Waals surface area contributed by atoms with E-state index >= 15 is 0 Å². The van der Waals surface area contributed by atoms with Crippen LogP contribution >= 0.6 is 0 Å². The lowest BCUT2D eigenvalue weighted by Gasteiger charge is -2.09. The summed E-state index contributed by atoms with van der Waals surface area (Å²) in [6, 6.07) is 35.5. The molecule has 0 spiro atoms. The highest BCUT2D eigenvalue weighted by molar-refractivity contribution is 6.06. The monoisotopic (exact) mass is 974 g/mol. The third-order valence-electron chi connectivity index (χ3n) is 11.0. The number of pyridine rings is 2. The smallest absolute Gasteiger partial charge is 0.343 e. The van der Waals surface area contributed by atoms with Crippen molar-refractivity contribution in [2.45, 2.75) is 26.7 Å². The fourth-order valence-corrected chi connectivity index (χ4v) is 7.83. The molecule has 72 heavy (non-hydrogen) atoms. The van der Waals surface area contributed by atoms with Crippen LogP contribution in [-0.4, -0.2) is 78.9 Å². The van der Waals surface area contributed by atoms with Gasteiger partial charge in [0.2, 0.25) is 0 Å². The molecule has 18 nitrogen and oxygen atoms in total. The van der Waals surface area contributed by atoms with E-state index in [-0.39, 0.29) is 30.4 Å². The lowest BCUT2D eigenvalue weighted by molar-refractivity contribution is -0.151. The van der Waals surface area contributed by atoms with Crippen molar-refractivity contribution in [3.8, 4) is 45.8 Å². The Morgan fingerprint density at radius 2 is 0.667 bits per heavy atom. The van der Waals surface area contributed by atoms with E-state index < -0.39 is 48.7 Å². The topological polar surface area (TPSA) is 247 Å². The number of ether oxygens (including phenoxy) is 6. The Bertz CT molecular complexity index is 3430. The van der Waals surface area contributed by atoms with E-state index in [4.69, 9.17) is 28.4 Å². The largest absolute Gasteiger partial charge is 0.466 e. The summed E-state index contributed by atoms with van der Waals surface area (Å²) in [5.41, 5.74) is 5.14. The number of aromatic nitrogens is 6. The molecular formula is C54H50N6O12. The van der Waals surface area contributed by atoms with Crippen LogP contribution in [0.2, 0.25) is 0 Å². The van der Waals surface area contributed by atoms with Gasteiger partial charge in [-0.2, -0.15) is 0 Å². The molecule has 6 heterocycles. The third kappa shape index (κ3) is 10.1. The number of aromatic amines is 4. The first-order valence-corrected chi connectivity index (χ1v) is 22.5. The Labute approximate surface area is 414 Å². The van der Waals surface area contributed by atoms with Crippen LogP contribution in [0.1, 0.15) is 53.1 Å². The van der Waals surface area contributed by atoms with Crippen LogP contribution < -0.4 is 18.9 Å². The fraction of sp³-hybridized carbons (Fsp3) is 0.111. The molecule has 0 saturated heterocycles. The fourth-order valence-electron chi connectivity index (χ4n) is 7.83. The minimum Gasteiger partial charge on any atom is -0.466 e. The minimum absolute atomic E-state index is 0. The molecule has 10 aromatic rings. The van der Waals surface area contributed by atoms with E-state index in [0.29, 0.717) is 78.0 Å². The van der Waals surface area contributed by atoms with Gasteiger partial charge in [0.05, 0.1) is 24.3 Å². The average molecular weight is 975 g/mol. The Balaban J connectivity index is 0.000000267. The number of para-hydroxylation sites is 4. The van der Waals surface area contributed by atoms with E-state index in [0.717, 1.165) is 11.0 Å². The number of hydrogen-bond acceptors (Lipinski definition) is 14. The van der Waals surface area contributed by atoms with Gasteiger partial charge in [-0.15, -0.1) is 0 Å². The van der Waals surface area contributed by atoms with Crippen molar-refractivity contribution in [2.75, 3.05) is 13.2 Å². The molecule has 6 aromatic heterocycles. The van der Waals surface area contributed by atoms with Crippen molar-refractivity contribution in [3.63, 3.8) is 0 Å². The second kappa shape index (κ2) is 21.2. The number of esters is 6. The van der Waals surface area contributed by atoms with Gasteiger partial charge in [-0.1, -0.05) is 48.5 Å². The molecule has 10 rings (SSSR count). The van der Waals surface area contributed by atoms with Gasteiger partial charge in [0.1, 0.15) is 35.6 Å². The number of benzene rings is 4. The van der Waals surface area contributed by atoms with Crippen LogP contribution in [0.25, 0.3) is 66.4 Å². The zero-order valence-electron chi connectivity index (χ0n) is 38.5. The molecule has 0 aliphatic rings. The highest BCUT2D eigenvalue weighted by Crippen LogP contribution is 2.46. The Morgan fingerprint density at radius 3 is 0.958 bits per heavy atom. The van der Waals surface area contributed by atoms with Crippen LogP contribution in [0.15, 0.2) is 146 Å². The molecule has 4 aromatic carbocycles. The number of carbonyl (C=O) groups excluding carboxylic acids is 6. The summed E-state index contributed by atoms with van der Waals surface area (Å²) in [4.78, 5) is 95.7. The number of H-pyrrole nitrogens is 4. The summed E-state index contributed by atoms with van der Waals surface area (Å²) in [6.45, 7) is 3.56. The molecule has 0 fully saturated rings. The second-order valence-corrected chi connectivity index (χ2v) is 15.7. The van der Waals surface area contributed by atoms with Crippen LogP contribution in [0.4, 0.5) is 0 Å². The molecule has 0 atom stereocenters. The SMILES string of the molecule is CCOC(=O)CC(=O)Oc1c(-c2[nH]c3ccccc3c2OC(=O)CC(=O)OCC)[nH]c2ccccc12.O=C(Oc1c(-c2[nH]c3ccccc3c2OC(=O)c2ccncc2)[nH]c2ccccc12)c1ccncc1.[HH].[HH].[HH].[HH]. The molecule has 0 saturated carbocycles. The maximum Gasteiger partial charge on any atom is 0.343 e. The van der Waals surface area contributed by atoms with Crippen molar-refractivity contribution in [1.82, 2.24) is 29.9 Å². The quantitative estimate of drug-likeness (QED) is 0.0585. The predicted molar refractivity (Wildman–Crippen MR) is 272 cm³/mol. The predicted octanol–water partition coefficient (Wildman–Crippen LogP) is 10.6. The average Bonchev–Trinajstić information content (AvgIpc) is 4.15. The first-order chi connectivity index (χ1) is 35.1. The normalized spacial score (nSPS) is 10.9. The molecule has 0 bridgehead atoms. The summed E-state index contributed by atoms with van der Waals surface area (Å²) in [5, 5.41) is 2.57. The van der Waals surface area contributed by atoms with Gasteiger partial charge in [0, 0.05) is 74.1 Å². The Morgan fingerprint density at radius 1 is 0.389 bits per heavy atom. The molecule has 18 heteroatoms. The van der Waals surface area contributed by atoms with Crippen LogP contribution in [0.5, 0.6) is 23.0 Å². The van der Waals surface area contributed by atoms with Crippen molar-refractivity contribution >= 4 is 79.4 Å². The summed E-state index contributed by atoms with van der Waals surface area (Å²) in [6.07, 6.45) is 4.98. The van der Waals surface area contributed by atoms with E-state index in [9.17, 15) is 28.8 Å². The second-order valence-electron chi connectivity index (χ2n) is 15.7. The van der Waals surface area contributed by atoms with Gasteiger partial charge >= 0.3 is 35.8 Å². The molecule has 0 amide bonds. The molecule has 368 valence electrons. The number of nitrogens with zero attached hydrogens (tertiary/aromatic N) is 2. The molecule has 4 N–H and O–H groups in total. The number of fused-ring (bicyclic) bond motifs is 4. The lowest BCUT2D eigenvalue weighted by atomic mass is 10.2. The maximum absolute atomic E-state index is 13.0. The van der Waals surface area contributed by atoms with Gasteiger partial charge in [0.25, 0.3) is 0 Å². The third-order valence-corrected chi connectivity index (χ3v) is 11.0. The zero-order valence-corrected chi connectivity index (χ0v) is 38.5. The van der Waals surface area contributed by atoms with E-state index in [2.05, 4.69) is 29.9 Å². The molecule has 0 aliphatic carbocycles. The van der Waals surface area contributed by atoms with Gasteiger partial charge in [-0.25, -0.2) is 9.59 Å². The number of hydrogen-bond donors (Lipinski definition) is 4. The van der Waals surface area contributed by atoms with E-state index in [1.165, 1.54) is 24.8 Å². The molecule has 0 radical (unpaired) electrons. The first kappa shape index (κ1) is 47.2. The van der Waals surface area contributed by atoms with Crippen molar-refractivity contribution in [3.05, 3.63) is 157 Å². The lowest BCUT2D eigenvalue weighted by Crippen LogP contribution is -2.17. The highest BCUT2D eigenvalue weighted by atomic mass is 16.6. The summed E-state index contributed by atoms with van der Waals surface area (Å²) < 4.78 is 32.7. The van der Waals surface area contributed by atoms with Crippen LogP contribution in [0, 0.1) is 0 Å². The van der Waals surface area contributed by atoms with Gasteiger partial charge in [-0.3, -0.25) is 29.1 Å². The highest BCUT2D eigenvalue weighted by Gasteiger charge is 2.28. The maximum atomic E-state index is 13.0. The molecular weight excluding hydrogens is 925 g/mol.